The predicted molar refractivity (Wildman–Crippen MR) is 123 cm³/mol. The van der Waals surface area contributed by atoms with Gasteiger partial charge in [-0.1, -0.05) is 11.6 Å². The van der Waals surface area contributed by atoms with Crippen molar-refractivity contribution in [3.05, 3.63) is 63.5 Å². The Hall–Kier alpha value is -3.37. The molecule has 0 spiro atoms. The summed E-state index contributed by atoms with van der Waals surface area (Å²) in [5.41, 5.74) is 9.92. The van der Waals surface area contributed by atoms with Gasteiger partial charge in [-0.05, 0) is 62.3 Å². The van der Waals surface area contributed by atoms with Crippen LogP contribution in [0.1, 0.15) is 57.4 Å². The van der Waals surface area contributed by atoms with E-state index in [-0.39, 0.29) is 16.6 Å². The van der Waals surface area contributed by atoms with Crippen LogP contribution in [-0.4, -0.2) is 27.7 Å². The zero-order valence-electron chi connectivity index (χ0n) is 18.4. The van der Waals surface area contributed by atoms with E-state index in [4.69, 9.17) is 23.2 Å². The minimum absolute atomic E-state index is 0.114. The van der Waals surface area contributed by atoms with E-state index in [9.17, 15) is 18.8 Å². The van der Waals surface area contributed by atoms with Crippen molar-refractivity contribution in [1.82, 2.24) is 15.3 Å². The van der Waals surface area contributed by atoms with E-state index in [0.717, 1.165) is 12.5 Å². The molecule has 2 unspecified atom stereocenters. The molecule has 2 heterocycles. The number of benzene rings is 1. The maximum Gasteiger partial charge on any atom is 0.293 e. The highest BCUT2D eigenvalue weighted by Crippen LogP contribution is 2.54. The van der Waals surface area contributed by atoms with E-state index >= 15 is 0 Å². The number of hydrogen-bond donors (Lipinski definition) is 5. The second-order valence-electron chi connectivity index (χ2n) is 9.15. The predicted octanol–water partition coefficient (Wildman–Crippen LogP) is 2.05. The Morgan fingerprint density at radius 3 is 2.68 bits per heavy atom. The third kappa shape index (κ3) is 3.54. The van der Waals surface area contributed by atoms with E-state index < -0.39 is 29.0 Å². The number of nitrogens with two attached hydrogens (primary N) is 2. The van der Waals surface area contributed by atoms with Crippen LogP contribution in [0.4, 0.5) is 10.1 Å². The van der Waals surface area contributed by atoms with Crippen molar-refractivity contribution in [2.24, 2.45) is 17.5 Å². The van der Waals surface area contributed by atoms with Gasteiger partial charge in [0.05, 0.1) is 21.8 Å². The number of hydrogen-bond acceptors (Lipinski definition) is 6. The van der Waals surface area contributed by atoms with Gasteiger partial charge >= 0.3 is 0 Å². The molecule has 2 aromatic rings. The van der Waals surface area contributed by atoms with Gasteiger partial charge in [-0.3, -0.25) is 20.2 Å². The third-order valence-electron chi connectivity index (χ3n) is 6.94. The lowest BCUT2D eigenvalue weighted by Gasteiger charge is -2.17. The maximum absolute atomic E-state index is 13.5. The summed E-state index contributed by atoms with van der Waals surface area (Å²) in [6.45, 7) is 1.66. The molecule has 2 atom stereocenters. The fourth-order valence-electron chi connectivity index (χ4n) is 4.92. The van der Waals surface area contributed by atoms with Crippen LogP contribution in [0.15, 0.2) is 30.1 Å². The van der Waals surface area contributed by atoms with Gasteiger partial charge in [0.15, 0.2) is 0 Å². The number of nitrogens with one attached hydrogen (secondary N) is 3. The molecule has 2 amide bonds. The summed E-state index contributed by atoms with van der Waals surface area (Å²) in [4.78, 5) is 39.5. The maximum atomic E-state index is 13.5. The Kier molecular flexibility index (Phi) is 5.18. The first kappa shape index (κ1) is 22.4. The van der Waals surface area contributed by atoms with Gasteiger partial charge in [-0.25, -0.2) is 4.39 Å². The molecule has 178 valence electrons. The van der Waals surface area contributed by atoms with Crippen molar-refractivity contribution in [3.63, 3.8) is 0 Å². The minimum atomic E-state index is -0.792. The number of carbonyl (C=O) groups is 3. The van der Waals surface area contributed by atoms with E-state index in [0.29, 0.717) is 53.5 Å². The monoisotopic (exact) mass is 486 g/mol. The van der Waals surface area contributed by atoms with Crippen molar-refractivity contribution in [2.45, 2.75) is 44.2 Å². The molecule has 9 nitrogen and oxygen atoms in total. The molecule has 1 aliphatic heterocycles. The number of hydrazine groups is 1. The van der Waals surface area contributed by atoms with Crippen LogP contribution >= 0.6 is 11.6 Å². The van der Waals surface area contributed by atoms with Crippen molar-refractivity contribution >= 4 is 34.9 Å². The summed E-state index contributed by atoms with van der Waals surface area (Å²) in [5, 5.41) is 5.36. The van der Waals surface area contributed by atoms with E-state index in [1.54, 1.807) is 6.92 Å². The first-order valence-electron chi connectivity index (χ1n) is 11.0. The topological polar surface area (TPSA) is 144 Å². The number of Topliss-reactive ketones (excluding diaryl/α,β-unsaturated/α-hetero) is 1. The molecule has 5 rings (SSSR count). The molecule has 11 heteroatoms. The van der Waals surface area contributed by atoms with E-state index in [1.165, 1.54) is 18.3 Å². The highest BCUT2D eigenvalue weighted by molar-refractivity contribution is 6.44. The number of anilines is 1. The lowest BCUT2D eigenvalue weighted by molar-refractivity contribution is -0.117. The average Bonchev–Trinajstić information content (AvgIpc) is 3.68. The molecule has 0 radical (unpaired) electrons. The first-order valence-corrected chi connectivity index (χ1v) is 11.3. The second kappa shape index (κ2) is 7.85. The summed E-state index contributed by atoms with van der Waals surface area (Å²) < 4.78 is 15.4. The van der Waals surface area contributed by atoms with Gasteiger partial charge in [-0.15, -0.1) is 0 Å². The standard InChI is InChI=1S/C23H24ClFN6O3/c1-10-18(20(32)22(34)30-23(4-5-23)17(26)9-28-27)16-7-11-6-15(11)31(16)19(10)21(33)29-12-2-3-14(25)13(24)8-12/h2-3,8-9,11,15,28H,4-7,26-27H2,1H3,(H,29,33)(H,30,34)/b17-9-. The van der Waals surface area contributed by atoms with E-state index in [2.05, 4.69) is 16.1 Å². The molecule has 0 bridgehead atoms. The normalized spacial score (nSPS) is 21.4. The number of nitrogens with zero attached hydrogens (tertiary/aromatic N) is 1. The zero-order chi connectivity index (χ0) is 24.4. The third-order valence-corrected chi connectivity index (χ3v) is 7.23. The van der Waals surface area contributed by atoms with Crippen LogP contribution < -0.4 is 27.6 Å². The van der Waals surface area contributed by atoms with Crippen LogP contribution in [0.5, 0.6) is 0 Å². The molecule has 2 fully saturated rings. The van der Waals surface area contributed by atoms with Crippen molar-refractivity contribution < 1.29 is 18.8 Å². The number of carbonyl (C=O) groups excluding carboxylic acids is 3. The molecule has 34 heavy (non-hydrogen) atoms. The highest BCUT2D eigenvalue weighted by atomic mass is 35.5. The Morgan fingerprint density at radius 1 is 1.29 bits per heavy atom. The minimum Gasteiger partial charge on any atom is -0.399 e. The lowest BCUT2D eigenvalue weighted by Crippen LogP contribution is -2.45. The Labute approximate surface area is 199 Å². The number of aromatic nitrogens is 1. The Morgan fingerprint density at radius 2 is 2.03 bits per heavy atom. The molecular formula is C23H24ClFN6O3. The number of halogens is 2. The van der Waals surface area contributed by atoms with Crippen molar-refractivity contribution in [2.75, 3.05) is 5.32 Å². The molecule has 2 aliphatic carbocycles. The molecule has 0 saturated heterocycles. The summed E-state index contributed by atoms with van der Waals surface area (Å²) in [6, 6.07) is 4.02. The zero-order valence-corrected chi connectivity index (χ0v) is 19.1. The number of rotatable bonds is 7. The van der Waals surface area contributed by atoms with Gasteiger partial charge < -0.3 is 26.4 Å². The van der Waals surface area contributed by atoms with Gasteiger partial charge in [0, 0.05) is 23.6 Å². The van der Waals surface area contributed by atoms with Crippen LogP contribution in [-0.2, 0) is 11.2 Å². The number of fused-ring (bicyclic) bond motifs is 3. The van der Waals surface area contributed by atoms with Crippen molar-refractivity contribution in [1.29, 1.82) is 0 Å². The summed E-state index contributed by atoms with van der Waals surface area (Å²) in [7, 11) is 0. The number of amides is 2. The van der Waals surface area contributed by atoms with Crippen LogP contribution in [0.25, 0.3) is 0 Å². The fourth-order valence-corrected chi connectivity index (χ4v) is 5.11. The van der Waals surface area contributed by atoms with Crippen molar-refractivity contribution in [3.8, 4) is 0 Å². The van der Waals surface area contributed by atoms with Crippen LogP contribution in [0.3, 0.4) is 0 Å². The molecule has 7 N–H and O–H groups in total. The van der Waals surface area contributed by atoms with Gasteiger partial charge in [-0.2, -0.15) is 0 Å². The van der Waals surface area contributed by atoms with Crippen LogP contribution in [0, 0.1) is 18.7 Å². The van der Waals surface area contributed by atoms with Gasteiger partial charge in [0.2, 0.25) is 0 Å². The summed E-state index contributed by atoms with van der Waals surface area (Å²) in [6.07, 6.45) is 4.12. The molecule has 1 aromatic carbocycles. The smallest absolute Gasteiger partial charge is 0.293 e. The Balaban J connectivity index is 1.45. The Bertz CT molecular complexity index is 1280. The quantitative estimate of drug-likeness (QED) is 0.175. The summed E-state index contributed by atoms with van der Waals surface area (Å²) in [5.74, 6) is 3.11. The molecule has 2 saturated carbocycles. The highest BCUT2D eigenvalue weighted by Gasteiger charge is 2.51. The first-order chi connectivity index (χ1) is 16.2. The number of ketones is 1. The summed E-state index contributed by atoms with van der Waals surface area (Å²) >= 11 is 5.83. The molecule has 3 aliphatic rings. The molecule has 1 aromatic heterocycles. The van der Waals surface area contributed by atoms with E-state index in [1.807, 2.05) is 4.57 Å². The van der Waals surface area contributed by atoms with Crippen LogP contribution in [0.2, 0.25) is 5.02 Å². The van der Waals surface area contributed by atoms with Gasteiger partial charge in [0.1, 0.15) is 11.5 Å². The fraction of sp³-hybridized carbons (Fsp3) is 0.348. The second-order valence-corrected chi connectivity index (χ2v) is 9.55. The lowest BCUT2D eigenvalue weighted by atomic mass is 10.0. The molecular weight excluding hydrogens is 463 g/mol. The SMILES string of the molecule is Cc1c(C(=O)C(=O)NC2(/C(N)=C/NN)CC2)c2n(c1C(=O)Nc1ccc(F)c(Cl)c1)C1CC1C2. The largest absolute Gasteiger partial charge is 0.399 e. The van der Waals surface area contributed by atoms with Gasteiger partial charge in [0.25, 0.3) is 17.6 Å². The average molecular weight is 487 g/mol.